The van der Waals surface area contributed by atoms with Gasteiger partial charge in [0.05, 0.1) is 5.70 Å². The van der Waals surface area contributed by atoms with Crippen molar-refractivity contribution in [2.75, 3.05) is 18.0 Å². The molecule has 0 radical (unpaired) electrons. The Morgan fingerprint density at radius 3 is 2.88 bits per heavy atom. The van der Waals surface area contributed by atoms with Gasteiger partial charge in [0.25, 0.3) is 5.91 Å². The van der Waals surface area contributed by atoms with Crippen molar-refractivity contribution in [2.45, 2.75) is 12.5 Å². The highest BCUT2D eigenvalue weighted by atomic mass is 16.2. The second-order valence-electron chi connectivity index (χ2n) is 6.02. The van der Waals surface area contributed by atoms with Crippen molar-refractivity contribution in [3.05, 3.63) is 56.2 Å². The maximum atomic E-state index is 12.4. The number of carbonyl (C=O) groups excluding carboxylic acids is 1. The van der Waals surface area contributed by atoms with Crippen LogP contribution in [0.1, 0.15) is 17.0 Å². The van der Waals surface area contributed by atoms with Gasteiger partial charge in [-0.2, -0.15) is 0 Å². The van der Waals surface area contributed by atoms with Gasteiger partial charge in [0, 0.05) is 43.9 Å². The van der Waals surface area contributed by atoms with Crippen LogP contribution in [-0.2, 0) is 0 Å². The molecular formula is C17H18N8O. The zero-order valence-electron chi connectivity index (χ0n) is 14.1. The van der Waals surface area contributed by atoms with Gasteiger partial charge in [-0.15, -0.1) is 5.10 Å². The molecule has 1 unspecified atom stereocenters. The molecular weight excluding hydrogens is 332 g/mol. The van der Waals surface area contributed by atoms with Gasteiger partial charge in [-0.1, -0.05) is 13.2 Å². The molecule has 9 heteroatoms. The molecule has 0 saturated carbocycles. The molecule has 0 spiro atoms. The predicted octanol–water partition coefficient (Wildman–Crippen LogP) is 0.986. The highest BCUT2D eigenvalue weighted by molar-refractivity contribution is 5.90. The number of hydrogen-bond acceptors (Lipinski definition) is 6. The Hall–Kier alpha value is -3.49. The number of anilines is 1. The summed E-state index contributed by atoms with van der Waals surface area (Å²) in [6, 6.07) is -0.00549. The fourth-order valence-electron chi connectivity index (χ4n) is 2.98. The minimum atomic E-state index is -0.306. The van der Waals surface area contributed by atoms with Crippen molar-refractivity contribution in [1.82, 2.24) is 34.4 Å². The average Bonchev–Trinajstić information content (AvgIpc) is 3.39. The van der Waals surface area contributed by atoms with E-state index in [-0.39, 0.29) is 17.8 Å². The summed E-state index contributed by atoms with van der Waals surface area (Å²) in [6.45, 7) is 8.84. The van der Waals surface area contributed by atoms with E-state index in [2.05, 4.69) is 43.4 Å². The zero-order valence-corrected chi connectivity index (χ0v) is 14.1. The summed E-state index contributed by atoms with van der Waals surface area (Å²) in [5.41, 5.74) is 1.37. The fourth-order valence-corrected chi connectivity index (χ4v) is 2.98. The first-order valence-corrected chi connectivity index (χ1v) is 8.22. The first-order valence-electron chi connectivity index (χ1n) is 8.22. The molecule has 4 heterocycles. The minimum absolute atomic E-state index is 0.00549. The largest absolute Gasteiger partial charge is 0.351 e. The molecule has 3 aromatic heterocycles. The molecule has 132 valence electrons. The summed E-state index contributed by atoms with van der Waals surface area (Å²) < 4.78 is 3.35. The first-order chi connectivity index (χ1) is 12.7. The second-order valence-corrected chi connectivity index (χ2v) is 6.02. The molecule has 1 aliphatic heterocycles. The van der Waals surface area contributed by atoms with Crippen molar-refractivity contribution in [3.63, 3.8) is 0 Å². The number of allylic oxidation sites excluding steroid dienone is 2. The molecule has 1 fully saturated rings. The number of nitrogens with one attached hydrogen (secondary N) is 1. The Morgan fingerprint density at radius 1 is 1.27 bits per heavy atom. The van der Waals surface area contributed by atoms with Gasteiger partial charge in [-0.3, -0.25) is 4.79 Å². The molecule has 4 rings (SSSR count). The third kappa shape index (κ3) is 2.83. The Balaban J connectivity index is 1.43. The van der Waals surface area contributed by atoms with E-state index in [1.165, 1.54) is 11.0 Å². The van der Waals surface area contributed by atoms with E-state index in [0.717, 1.165) is 24.4 Å². The van der Waals surface area contributed by atoms with Gasteiger partial charge in [0.2, 0.25) is 5.82 Å². The molecule has 9 nitrogen and oxygen atoms in total. The number of fused-ring (bicyclic) bond motifs is 1. The lowest BCUT2D eigenvalue weighted by Gasteiger charge is -2.18. The van der Waals surface area contributed by atoms with Crippen molar-refractivity contribution in [1.29, 1.82) is 0 Å². The van der Waals surface area contributed by atoms with E-state index in [1.807, 2.05) is 16.8 Å². The van der Waals surface area contributed by atoms with Gasteiger partial charge >= 0.3 is 0 Å². The monoisotopic (exact) mass is 350 g/mol. The third-order valence-corrected chi connectivity index (χ3v) is 4.34. The number of aromatic nitrogens is 6. The lowest BCUT2D eigenvalue weighted by atomic mass is 10.2. The van der Waals surface area contributed by atoms with Gasteiger partial charge < -0.3 is 14.6 Å². The predicted molar refractivity (Wildman–Crippen MR) is 96.6 cm³/mol. The van der Waals surface area contributed by atoms with Crippen LogP contribution >= 0.6 is 0 Å². The number of rotatable bonds is 5. The lowest BCUT2D eigenvalue weighted by Crippen LogP contribution is -2.37. The topological polar surface area (TPSA) is 93.2 Å². The third-order valence-electron chi connectivity index (χ3n) is 4.34. The van der Waals surface area contributed by atoms with Crippen LogP contribution in [0.15, 0.2) is 50.3 Å². The SMILES string of the molecule is C=CC(=C)n1cnc(C(=O)NC2CCN(c3nccn4ccnc34)C2)n1. The van der Waals surface area contributed by atoms with E-state index in [0.29, 0.717) is 12.2 Å². The molecule has 1 amide bonds. The van der Waals surface area contributed by atoms with Crippen molar-refractivity contribution >= 4 is 23.1 Å². The maximum absolute atomic E-state index is 12.4. The van der Waals surface area contributed by atoms with Crippen molar-refractivity contribution in [3.8, 4) is 0 Å². The summed E-state index contributed by atoms with van der Waals surface area (Å²) in [5.74, 6) is 0.623. The smallest absolute Gasteiger partial charge is 0.291 e. The Morgan fingerprint density at radius 2 is 2.08 bits per heavy atom. The highest BCUT2D eigenvalue weighted by Gasteiger charge is 2.27. The summed E-state index contributed by atoms with van der Waals surface area (Å²) in [6.07, 6.45) is 11.1. The van der Waals surface area contributed by atoms with Crippen LogP contribution in [0.25, 0.3) is 11.3 Å². The molecule has 0 aliphatic carbocycles. The number of amides is 1. The standard InChI is InChI=1S/C17H18N8O/c1-3-12(2)25-11-20-14(22-25)17(26)21-13-4-7-24(10-13)16-15-18-5-8-23(15)9-6-19-16/h3,5-6,8-9,11,13H,1-2,4,7,10H2,(H,21,26). The minimum Gasteiger partial charge on any atom is -0.351 e. The average molecular weight is 350 g/mol. The number of nitrogens with zero attached hydrogens (tertiary/aromatic N) is 7. The Labute approximate surface area is 149 Å². The summed E-state index contributed by atoms with van der Waals surface area (Å²) in [7, 11) is 0. The lowest BCUT2D eigenvalue weighted by molar-refractivity contribution is 0.0930. The quantitative estimate of drug-likeness (QED) is 0.690. The van der Waals surface area contributed by atoms with Crippen molar-refractivity contribution in [2.24, 2.45) is 0 Å². The Kier molecular flexibility index (Phi) is 3.96. The fraction of sp³-hybridized carbons (Fsp3) is 0.235. The van der Waals surface area contributed by atoms with Gasteiger partial charge in [0.1, 0.15) is 6.33 Å². The van der Waals surface area contributed by atoms with Crippen molar-refractivity contribution < 1.29 is 4.79 Å². The van der Waals surface area contributed by atoms with Crippen LogP contribution in [0.4, 0.5) is 5.82 Å². The molecule has 0 aromatic carbocycles. The van der Waals surface area contributed by atoms with E-state index in [4.69, 9.17) is 0 Å². The van der Waals surface area contributed by atoms with E-state index in [1.54, 1.807) is 18.5 Å². The maximum Gasteiger partial charge on any atom is 0.291 e. The number of hydrogen-bond donors (Lipinski definition) is 1. The summed E-state index contributed by atoms with van der Waals surface area (Å²) in [4.78, 5) is 27.3. The number of imidazole rings is 1. The van der Waals surface area contributed by atoms with Crippen LogP contribution < -0.4 is 10.2 Å². The molecule has 26 heavy (non-hydrogen) atoms. The molecule has 3 aromatic rings. The van der Waals surface area contributed by atoms with E-state index >= 15 is 0 Å². The summed E-state index contributed by atoms with van der Waals surface area (Å²) >= 11 is 0. The van der Waals surface area contributed by atoms with Gasteiger partial charge in [-0.25, -0.2) is 19.6 Å². The van der Waals surface area contributed by atoms with Crippen LogP contribution in [0.5, 0.6) is 0 Å². The molecule has 1 atom stereocenters. The molecule has 1 N–H and O–H groups in total. The van der Waals surface area contributed by atoms with Crippen LogP contribution in [0.3, 0.4) is 0 Å². The Bertz CT molecular complexity index is 987. The van der Waals surface area contributed by atoms with Crippen LogP contribution in [0, 0.1) is 0 Å². The van der Waals surface area contributed by atoms with Crippen LogP contribution in [-0.4, -0.2) is 54.2 Å². The number of carbonyl (C=O) groups is 1. The molecule has 0 bridgehead atoms. The highest BCUT2D eigenvalue weighted by Crippen LogP contribution is 2.22. The second kappa shape index (κ2) is 6.43. The van der Waals surface area contributed by atoms with E-state index < -0.39 is 0 Å². The van der Waals surface area contributed by atoms with E-state index in [9.17, 15) is 4.79 Å². The molecule has 1 aliphatic rings. The van der Waals surface area contributed by atoms with Gasteiger partial charge in [0.15, 0.2) is 11.5 Å². The molecule has 1 saturated heterocycles. The zero-order chi connectivity index (χ0) is 18.1. The first kappa shape index (κ1) is 16.0. The van der Waals surface area contributed by atoms with Gasteiger partial charge in [-0.05, 0) is 12.5 Å². The van der Waals surface area contributed by atoms with Crippen LogP contribution in [0.2, 0.25) is 0 Å². The normalized spacial score (nSPS) is 16.8. The summed E-state index contributed by atoms with van der Waals surface area (Å²) in [5, 5.41) is 7.10.